The van der Waals surface area contributed by atoms with Gasteiger partial charge in [-0.15, -0.1) is 3.71 Å². The van der Waals surface area contributed by atoms with Crippen LogP contribution in [0.5, 0.6) is 0 Å². The molecule has 1 aliphatic carbocycles. The lowest BCUT2D eigenvalue weighted by molar-refractivity contribution is 0.382. The smallest absolute Gasteiger partial charge is 0.174 e. The maximum Gasteiger partial charge on any atom is 0.174 e. The fourth-order valence-corrected chi connectivity index (χ4v) is 7.63. The summed E-state index contributed by atoms with van der Waals surface area (Å²) in [4.78, 5) is 0. The topological polar surface area (TPSA) is 77.5 Å². The molecule has 7 rings (SSSR count). The standard InChI is InChI=1S/C22H15NO4S2/c24-28-22-19-11-15-7-3-1-5-13(15)9-17(19)21(23(28)29(25,26)27)18-10-14-6-2-4-8-16(14)12-20(18)22/h1-12,21-22H,(H,25,26,27)/p-1. The summed E-state index contributed by atoms with van der Waals surface area (Å²) in [5.74, 6) is 0. The van der Waals surface area contributed by atoms with E-state index in [1.54, 1.807) is 0 Å². The van der Waals surface area contributed by atoms with Crippen molar-refractivity contribution in [1.29, 1.82) is 0 Å². The van der Waals surface area contributed by atoms with Crippen molar-refractivity contribution >= 4 is 42.8 Å². The van der Waals surface area contributed by atoms with E-state index in [2.05, 4.69) is 0 Å². The fourth-order valence-electron chi connectivity index (χ4n) is 4.69. The lowest BCUT2D eigenvalue weighted by Crippen LogP contribution is -2.47. The summed E-state index contributed by atoms with van der Waals surface area (Å²) in [6, 6.07) is 22.5. The predicted molar refractivity (Wildman–Crippen MR) is 111 cm³/mol. The first kappa shape index (κ1) is 17.3. The molecule has 2 heterocycles. The summed E-state index contributed by atoms with van der Waals surface area (Å²) in [5.41, 5.74) is 3.12. The number of hydrogen-bond donors (Lipinski definition) is 0. The first-order valence-electron chi connectivity index (χ1n) is 9.14. The second-order valence-corrected chi connectivity index (χ2v) is 10.3. The Morgan fingerprint density at radius 1 is 0.724 bits per heavy atom. The molecule has 0 radical (unpaired) electrons. The number of rotatable bonds is 1. The molecule has 0 fully saturated rings. The molecule has 29 heavy (non-hydrogen) atoms. The summed E-state index contributed by atoms with van der Waals surface area (Å²) in [7, 11) is -6.93. The minimum absolute atomic E-state index is 0.645. The summed E-state index contributed by atoms with van der Waals surface area (Å²) in [6.45, 7) is 0. The van der Waals surface area contributed by atoms with Gasteiger partial charge in [-0.2, -0.15) is 0 Å². The van der Waals surface area contributed by atoms with Crippen LogP contribution in [0.25, 0.3) is 21.5 Å². The van der Waals surface area contributed by atoms with E-state index in [0.29, 0.717) is 3.71 Å². The predicted octanol–water partition coefficient (Wildman–Crippen LogP) is 3.92. The largest absolute Gasteiger partial charge is 0.735 e. The van der Waals surface area contributed by atoms with Crippen LogP contribution in [0.3, 0.4) is 0 Å². The molecular formula is C22H14NO4S2-. The van der Waals surface area contributed by atoms with Crippen LogP contribution >= 0.6 is 0 Å². The molecule has 0 saturated heterocycles. The second-order valence-electron chi connectivity index (χ2n) is 7.43. The van der Waals surface area contributed by atoms with Gasteiger partial charge in [0, 0.05) is 0 Å². The monoisotopic (exact) mass is 420 g/mol. The van der Waals surface area contributed by atoms with Crippen LogP contribution in [0, 0.1) is 0 Å². The Morgan fingerprint density at radius 3 is 1.48 bits per heavy atom. The lowest BCUT2D eigenvalue weighted by atomic mass is 9.80. The van der Waals surface area contributed by atoms with Crippen molar-refractivity contribution in [2.45, 2.75) is 11.3 Å². The van der Waals surface area contributed by atoms with Crippen LogP contribution in [0.1, 0.15) is 33.5 Å². The van der Waals surface area contributed by atoms with Gasteiger partial charge in [0.1, 0.15) is 16.2 Å². The van der Waals surface area contributed by atoms with Gasteiger partial charge in [-0.1, -0.05) is 48.5 Å². The first-order valence-corrected chi connectivity index (χ1v) is 11.7. The highest BCUT2D eigenvalue weighted by Gasteiger charge is 2.50. The quantitative estimate of drug-likeness (QED) is 0.437. The minimum atomic E-state index is -4.91. The molecule has 1 atom stereocenters. The van der Waals surface area contributed by atoms with Gasteiger partial charge in [-0.05, 0) is 68.1 Å². The van der Waals surface area contributed by atoms with Gasteiger partial charge in [-0.3, -0.25) is 0 Å². The SMILES string of the molecule is O=S1C2c3cc4ccccc4cc3C(c3cc4ccccc4cc32)N1S(=O)(=O)[O-]. The average molecular weight is 420 g/mol. The minimum Gasteiger partial charge on any atom is -0.735 e. The Hall–Kier alpha value is -2.58. The third kappa shape index (κ3) is 2.33. The van der Waals surface area contributed by atoms with Crippen LogP contribution in [0.15, 0.2) is 72.8 Å². The van der Waals surface area contributed by atoms with E-state index < -0.39 is 32.6 Å². The van der Waals surface area contributed by atoms with Gasteiger partial charge in [0.05, 0.1) is 6.04 Å². The van der Waals surface area contributed by atoms with Gasteiger partial charge < -0.3 is 4.55 Å². The Bertz CT molecular complexity index is 1390. The molecule has 0 saturated carbocycles. The molecule has 144 valence electrons. The number of hydrogen-bond acceptors (Lipinski definition) is 4. The van der Waals surface area contributed by atoms with E-state index in [1.165, 1.54) is 0 Å². The van der Waals surface area contributed by atoms with E-state index in [9.17, 15) is 17.2 Å². The van der Waals surface area contributed by atoms with Crippen LogP contribution in [-0.4, -0.2) is 20.9 Å². The van der Waals surface area contributed by atoms with Crippen LogP contribution in [-0.2, 0) is 21.3 Å². The molecule has 7 heteroatoms. The molecule has 2 bridgehead atoms. The molecule has 4 aromatic carbocycles. The molecule has 0 N–H and O–H groups in total. The fraction of sp³-hybridized carbons (Fsp3) is 0.0909. The summed E-state index contributed by atoms with van der Waals surface area (Å²) in [5, 5.41) is 3.21. The van der Waals surface area contributed by atoms with Crippen molar-refractivity contribution in [2.75, 3.05) is 0 Å². The highest BCUT2D eigenvalue weighted by Crippen LogP contribution is 2.55. The molecule has 4 aromatic rings. The zero-order valence-electron chi connectivity index (χ0n) is 15.0. The number of benzene rings is 4. The zero-order chi connectivity index (χ0) is 19.9. The van der Waals surface area contributed by atoms with Crippen molar-refractivity contribution in [1.82, 2.24) is 3.71 Å². The van der Waals surface area contributed by atoms with Crippen molar-refractivity contribution in [3.05, 3.63) is 95.1 Å². The molecule has 5 nitrogen and oxygen atoms in total. The van der Waals surface area contributed by atoms with Crippen LogP contribution < -0.4 is 0 Å². The number of fused-ring (bicyclic) bond motifs is 3. The lowest BCUT2D eigenvalue weighted by Gasteiger charge is -2.46. The van der Waals surface area contributed by atoms with Crippen molar-refractivity contribution < 1.29 is 17.2 Å². The molecule has 0 spiro atoms. The van der Waals surface area contributed by atoms with Gasteiger partial charge in [0.2, 0.25) is 0 Å². The Labute approximate surface area is 170 Å². The van der Waals surface area contributed by atoms with Crippen molar-refractivity contribution in [3.63, 3.8) is 0 Å². The highest BCUT2D eigenvalue weighted by atomic mass is 32.3. The zero-order valence-corrected chi connectivity index (χ0v) is 16.6. The van der Waals surface area contributed by atoms with Gasteiger partial charge in [0.25, 0.3) is 0 Å². The molecule has 1 unspecified atom stereocenters. The van der Waals surface area contributed by atoms with E-state index in [0.717, 1.165) is 43.8 Å². The third-order valence-electron chi connectivity index (χ3n) is 5.87. The van der Waals surface area contributed by atoms with E-state index in [-0.39, 0.29) is 0 Å². The van der Waals surface area contributed by atoms with Crippen molar-refractivity contribution in [2.24, 2.45) is 0 Å². The number of nitrogens with zero attached hydrogens (tertiary/aromatic N) is 1. The maximum atomic E-state index is 13.3. The van der Waals surface area contributed by atoms with E-state index in [4.69, 9.17) is 0 Å². The van der Waals surface area contributed by atoms with Crippen LogP contribution in [0.2, 0.25) is 0 Å². The first-order chi connectivity index (χ1) is 13.9. The summed E-state index contributed by atoms with van der Waals surface area (Å²) in [6.07, 6.45) is 0. The maximum absolute atomic E-state index is 13.3. The normalized spacial score (nSPS) is 23.3. The Kier molecular flexibility index (Phi) is 3.42. The molecule has 3 aliphatic rings. The van der Waals surface area contributed by atoms with Gasteiger partial charge >= 0.3 is 0 Å². The Morgan fingerprint density at radius 2 is 1.10 bits per heavy atom. The highest BCUT2D eigenvalue weighted by molar-refractivity contribution is 7.98. The molecular weight excluding hydrogens is 406 g/mol. The molecule has 0 aromatic heterocycles. The Balaban J connectivity index is 1.74. The van der Waals surface area contributed by atoms with E-state index in [1.807, 2.05) is 72.8 Å². The molecule has 0 amide bonds. The summed E-state index contributed by atoms with van der Waals surface area (Å²) >= 11 is 0. The third-order valence-corrected chi connectivity index (χ3v) is 8.98. The average Bonchev–Trinajstić information content (AvgIpc) is 2.70. The second kappa shape index (κ2) is 5.73. The summed E-state index contributed by atoms with van der Waals surface area (Å²) < 4.78 is 50.3. The van der Waals surface area contributed by atoms with E-state index >= 15 is 0 Å². The van der Waals surface area contributed by atoms with Crippen LogP contribution in [0.4, 0.5) is 0 Å². The van der Waals surface area contributed by atoms with Crippen molar-refractivity contribution in [3.8, 4) is 0 Å². The van der Waals surface area contributed by atoms with Gasteiger partial charge in [0.15, 0.2) is 10.3 Å². The molecule has 2 aliphatic heterocycles. The van der Waals surface area contributed by atoms with Gasteiger partial charge in [-0.25, -0.2) is 12.6 Å².